The lowest BCUT2D eigenvalue weighted by atomic mass is 9.81. The number of carbonyl (C=O) groups is 2. The van der Waals surface area contributed by atoms with E-state index < -0.39 is 17.7 Å². The summed E-state index contributed by atoms with van der Waals surface area (Å²) in [5, 5.41) is 2.62. The second-order valence-corrected chi connectivity index (χ2v) is 5.98. The Morgan fingerprint density at radius 1 is 1.32 bits per heavy atom. The fourth-order valence-electron chi connectivity index (χ4n) is 1.97. The molecule has 5 heteroatoms. The average molecular weight is 271 g/mol. The molecule has 1 atom stereocenters. The van der Waals surface area contributed by atoms with Crippen LogP contribution in [0.4, 0.5) is 4.79 Å². The number of esters is 1. The summed E-state index contributed by atoms with van der Waals surface area (Å²) >= 11 is 0. The second-order valence-electron chi connectivity index (χ2n) is 5.98. The van der Waals surface area contributed by atoms with Crippen LogP contribution in [-0.4, -0.2) is 30.3 Å². The van der Waals surface area contributed by atoms with Gasteiger partial charge in [0.25, 0.3) is 0 Å². The van der Waals surface area contributed by atoms with Gasteiger partial charge < -0.3 is 14.8 Å². The smallest absolute Gasteiger partial charge is 0.408 e. The van der Waals surface area contributed by atoms with Crippen LogP contribution < -0.4 is 5.32 Å². The normalized spacial score (nSPS) is 17.3. The molecule has 1 saturated carbocycles. The van der Waals surface area contributed by atoms with Crippen LogP contribution in [0, 0.1) is 5.92 Å². The minimum Gasteiger partial charge on any atom is -0.464 e. The highest BCUT2D eigenvalue weighted by Crippen LogP contribution is 2.30. The monoisotopic (exact) mass is 271 g/mol. The van der Waals surface area contributed by atoms with Gasteiger partial charge in [-0.05, 0) is 40.0 Å². The molecule has 19 heavy (non-hydrogen) atoms. The number of hydrogen-bond donors (Lipinski definition) is 1. The quantitative estimate of drug-likeness (QED) is 0.781. The van der Waals surface area contributed by atoms with Crippen molar-refractivity contribution in [3.63, 3.8) is 0 Å². The molecule has 0 saturated heterocycles. The zero-order valence-corrected chi connectivity index (χ0v) is 12.3. The standard InChI is InChI=1S/C14H25NO4/c1-5-18-12(16)11(9-10-7-6-8-10)15-13(17)19-14(2,3)4/h10-11H,5-9H2,1-4H3,(H,15,17). The van der Waals surface area contributed by atoms with Gasteiger partial charge in [-0.2, -0.15) is 0 Å². The highest BCUT2D eigenvalue weighted by atomic mass is 16.6. The van der Waals surface area contributed by atoms with Crippen molar-refractivity contribution in [3.05, 3.63) is 0 Å². The van der Waals surface area contributed by atoms with E-state index in [1.165, 1.54) is 6.42 Å². The zero-order valence-electron chi connectivity index (χ0n) is 12.3. The number of nitrogens with one attached hydrogen (secondary N) is 1. The predicted octanol–water partition coefficient (Wildman–Crippen LogP) is 2.63. The Morgan fingerprint density at radius 2 is 1.95 bits per heavy atom. The topological polar surface area (TPSA) is 64.6 Å². The minimum absolute atomic E-state index is 0.315. The molecule has 110 valence electrons. The van der Waals surface area contributed by atoms with Crippen LogP contribution in [0.1, 0.15) is 53.4 Å². The van der Waals surface area contributed by atoms with Crippen LogP contribution in [-0.2, 0) is 14.3 Å². The summed E-state index contributed by atoms with van der Waals surface area (Å²) in [6, 6.07) is -0.597. The van der Waals surface area contributed by atoms with Crippen LogP contribution in [0.2, 0.25) is 0 Å². The molecule has 1 amide bonds. The van der Waals surface area contributed by atoms with Gasteiger partial charge in [0.05, 0.1) is 6.61 Å². The molecule has 0 aliphatic heterocycles. The van der Waals surface area contributed by atoms with Gasteiger partial charge in [-0.25, -0.2) is 9.59 Å². The van der Waals surface area contributed by atoms with Gasteiger partial charge in [-0.15, -0.1) is 0 Å². The number of hydrogen-bond acceptors (Lipinski definition) is 4. The average Bonchev–Trinajstić information content (AvgIpc) is 2.19. The van der Waals surface area contributed by atoms with Gasteiger partial charge in [0.15, 0.2) is 0 Å². The third kappa shape index (κ3) is 5.94. The van der Waals surface area contributed by atoms with E-state index in [0.29, 0.717) is 18.9 Å². The summed E-state index contributed by atoms with van der Waals surface area (Å²) in [6.07, 6.45) is 3.51. The van der Waals surface area contributed by atoms with Crippen molar-refractivity contribution in [2.24, 2.45) is 5.92 Å². The van der Waals surface area contributed by atoms with Gasteiger partial charge in [-0.3, -0.25) is 0 Å². The maximum Gasteiger partial charge on any atom is 0.408 e. The van der Waals surface area contributed by atoms with E-state index in [1.54, 1.807) is 27.7 Å². The number of rotatable bonds is 5. The lowest BCUT2D eigenvalue weighted by molar-refractivity contribution is -0.146. The second kappa shape index (κ2) is 6.78. The lowest BCUT2D eigenvalue weighted by Crippen LogP contribution is -2.45. The molecule has 0 radical (unpaired) electrons. The van der Waals surface area contributed by atoms with E-state index in [1.807, 2.05) is 0 Å². The van der Waals surface area contributed by atoms with Crippen LogP contribution in [0.5, 0.6) is 0 Å². The Hall–Kier alpha value is -1.26. The summed E-state index contributed by atoms with van der Waals surface area (Å²) in [6.45, 7) is 7.44. The first-order valence-electron chi connectivity index (χ1n) is 6.98. The molecule has 1 aliphatic rings. The molecule has 1 rings (SSSR count). The van der Waals surface area contributed by atoms with Crippen molar-refractivity contribution < 1.29 is 19.1 Å². The van der Waals surface area contributed by atoms with Crippen LogP contribution in [0.25, 0.3) is 0 Å². The summed E-state index contributed by atoms with van der Waals surface area (Å²) in [4.78, 5) is 23.6. The fraction of sp³-hybridized carbons (Fsp3) is 0.857. The molecule has 0 bridgehead atoms. The maximum absolute atomic E-state index is 11.8. The molecule has 1 N–H and O–H groups in total. The zero-order chi connectivity index (χ0) is 14.5. The number of ether oxygens (including phenoxy) is 2. The Labute approximate surface area is 115 Å². The van der Waals surface area contributed by atoms with Crippen LogP contribution in [0.15, 0.2) is 0 Å². The van der Waals surface area contributed by atoms with E-state index in [4.69, 9.17) is 9.47 Å². The number of alkyl carbamates (subject to hydrolysis) is 1. The maximum atomic E-state index is 11.8. The lowest BCUT2D eigenvalue weighted by Gasteiger charge is -2.29. The molecule has 1 fully saturated rings. The molecule has 5 nitrogen and oxygen atoms in total. The Balaban J connectivity index is 2.51. The van der Waals surface area contributed by atoms with Crippen molar-refractivity contribution in [2.75, 3.05) is 6.61 Å². The first kappa shape index (κ1) is 15.8. The Morgan fingerprint density at radius 3 is 2.37 bits per heavy atom. The molecular formula is C14H25NO4. The molecule has 0 spiro atoms. The number of carbonyl (C=O) groups excluding carboxylic acids is 2. The molecule has 0 aromatic carbocycles. The fourth-order valence-corrected chi connectivity index (χ4v) is 1.97. The third-order valence-electron chi connectivity index (χ3n) is 3.06. The Bertz CT molecular complexity index is 318. The van der Waals surface area contributed by atoms with Crippen molar-refractivity contribution in [2.45, 2.75) is 65.0 Å². The van der Waals surface area contributed by atoms with Gasteiger partial charge in [0, 0.05) is 0 Å². The van der Waals surface area contributed by atoms with E-state index >= 15 is 0 Å². The van der Waals surface area contributed by atoms with Gasteiger partial charge in [-0.1, -0.05) is 19.3 Å². The van der Waals surface area contributed by atoms with E-state index in [2.05, 4.69) is 5.32 Å². The first-order chi connectivity index (χ1) is 8.81. The molecule has 0 aromatic rings. The largest absolute Gasteiger partial charge is 0.464 e. The van der Waals surface area contributed by atoms with Gasteiger partial charge in [0.2, 0.25) is 0 Å². The van der Waals surface area contributed by atoms with Crippen molar-refractivity contribution in [1.82, 2.24) is 5.32 Å². The molecule has 0 heterocycles. The predicted molar refractivity (Wildman–Crippen MR) is 71.7 cm³/mol. The van der Waals surface area contributed by atoms with Crippen molar-refractivity contribution >= 4 is 12.1 Å². The van der Waals surface area contributed by atoms with E-state index in [0.717, 1.165) is 12.8 Å². The van der Waals surface area contributed by atoms with E-state index in [9.17, 15) is 9.59 Å². The summed E-state index contributed by atoms with van der Waals surface area (Å²) < 4.78 is 10.2. The highest BCUT2D eigenvalue weighted by Gasteiger charge is 2.30. The first-order valence-corrected chi connectivity index (χ1v) is 6.98. The summed E-state index contributed by atoms with van der Waals surface area (Å²) in [5.41, 5.74) is -0.570. The third-order valence-corrected chi connectivity index (χ3v) is 3.06. The van der Waals surface area contributed by atoms with Gasteiger partial charge in [0.1, 0.15) is 11.6 Å². The van der Waals surface area contributed by atoms with Crippen LogP contribution in [0.3, 0.4) is 0 Å². The summed E-state index contributed by atoms with van der Waals surface area (Å²) in [7, 11) is 0. The Kier molecular flexibility index (Phi) is 5.63. The molecular weight excluding hydrogens is 246 g/mol. The molecule has 1 unspecified atom stereocenters. The number of amides is 1. The van der Waals surface area contributed by atoms with E-state index in [-0.39, 0.29) is 5.97 Å². The van der Waals surface area contributed by atoms with Crippen molar-refractivity contribution in [1.29, 1.82) is 0 Å². The highest BCUT2D eigenvalue weighted by molar-refractivity contribution is 5.81. The van der Waals surface area contributed by atoms with Gasteiger partial charge >= 0.3 is 12.1 Å². The minimum atomic E-state index is -0.597. The SMILES string of the molecule is CCOC(=O)C(CC1CCC1)NC(=O)OC(C)(C)C. The molecule has 1 aliphatic carbocycles. The summed E-state index contributed by atoms with van der Waals surface area (Å²) in [5.74, 6) is 0.129. The van der Waals surface area contributed by atoms with Crippen molar-refractivity contribution in [3.8, 4) is 0 Å². The molecule has 0 aromatic heterocycles. The van der Waals surface area contributed by atoms with Crippen LogP contribution >= 0.6 is 0 Å².